The first kappa shape index (κ1) is 10.1. The van der Waals surface area contributed by atoms with Crippen LogP contribution in [0.2, 0.25) is 5.02 Å². The maximum Gasteiger partial charge on any atom is 0.138 e. The van der Waals surface area contributed by atoms with Crippen molar-refractivity contribution in [3.05, 3.63) is 41.4 Å². The fraction of sp³-hybridized carbons (Fsp3) is 0.273. The Balaban J connectivity index is 2.91. The van der Waals surface area contributed by atoms with Crippen molar-refractivity contribution in [2.24, 2.45) is 0 Å². The Labute approximate surface area is 84.0 Å². The first-order valence-corrected chi connectivity index (χ1v) is 4.50. The minimum Gasteiger partial charge on any atom is -0.489 e. The van der Waals surface area contributed by atoms with Gasteiger partial charge in [0.1, 0.15) is 5.75 Å². The van der Waals surface area contributed by atoms with Gasteiger partial charge in [0.25, 0.3) is 0 Å². The molecule has 1 radical (unpaired) electrons. The van der Waals surface area contributed by atoms with Crippen molar-refractivity contribution in [3.8, 4) is 5.75 Å². The van der Waals surface area contributed by atoms with E-state index >= 15 is 0 Å². The van der Waals surface area contributed by atoms with Crippen molar-refractivity contribution >= 4 is 11.6 Å². The third-order valence-electron chi connectivity index (χ3n) is 1.50. The van der Waals surface area contributed by atoms with Crippen LogP contribution in [0.3, 0.4) is 0 Å². The highest BCUT2D eigenvalue weighted by atomic mass is 35.5. The van der Waals surface area contributed by atoms with E-state index in [9.17, 15) is 0 Å². The molecule has 1 rings (SSSR count). The third kappa shape index (κ3) is 2.78. The lowest BCUT2D eigenvalue weighted by Crippen LogP contribution is -2.05. The Hall–Kier alpha value is -0.950. The lowest BCUT2D eigenvalue weighted by molar-refractivity contribution is 0.242. The monoisotopic (exact) mass is 195 g/mol. The van der Waals surface area contributed by atoms with Crippen molar-refractivity contribution in [2.75, 3.05) is 0 Å². The summed E-state index contributed by atoms with van der Waals surface area (Å²) < 4.78 is 5.46. The van der Waals surface area contributed by atoms with Crippen LogP contribution in [-0.2, 0) is 0 Å². The van der Waals surface area contributed by atoms with E-state index < -0.39 is 0 Å². The average molecular weight is 196 g/mol. The van der Waals surface area contributed by atoms with Gasteiger partial charge in [-0.25, -0.2) is 0 Å². The van der Waals surface area contributed by atoms with Gasteiger partial charge >= 0.3 is 0 Å². The fourth-order valence-electron chi connectivity index (χ4n) is 0.960. The zero-order valence-electron chi connectivity index (χ0n) is 7.80. The molecule has 0 aliphatic rings. The Morgan fingerprint density at radius 2 is 2.15 bits per heavy atom. The molecule has 0 amide bonds. The molecule has 1 aromatic rings. The Kier molecular flexibility index (Phi) is 3.38. The topological polar surface area (TPSA) is 9.23 Å². The molecule has 0 spiro atoms. The van der Waals surface area contributed by atoms with Crippen LogP contribution in [0, 0.1) is 6.08 Å². The Morgan fingerprint density at radius 3 is 2.62 bits per heavy atom. The number of hydrogen-bond acceptors (Lipinski definition) is 1. The van der Waals surface area contributed by atoms with E-state index in [-0.39, 0.29) is 6.10 Å². The lowest BCUT2D eigenvalue weighted by atomic mass is 10.2. The number of hydrogen-bond donors (Lipinski definition) is 0. The molecule has 0 aliphatic heterocycles. The smallest absolute Gasteiger partial charge is 0.138 e. The van der Waals surface area contributed by atoms with E-state index in [0.29, 0.717) is 10.8 Å². The summed E-state index contributed by atoms with van der Waals surface area (Å²) in [6, 6.07) is 5.48. The molecule has 0 fully saturated rings. The molecule has 0 N–H and O–H groups in total. The summed E-state index contributed by atoms with van der Waals surface area (Å²) in [7, 11) is 0. The predicted octanol–water partition coefficient (Wildman–Crippen LogP) is 3.46. The van der Waals surface area contributed by atoms with Gasteiger partial charge in [0.05, 0.1) is 11.1 Å². The number of benzene rings is 1. The average Bonchev–Trinajstić information content (AvgIpc) is 2.08. The summed E-state index contributed by atoms with van der Waals surface area (Å²) >= 11 is 5.96. The van der Waals surface area contributed by atoms with E-state index in [4.69, 9.17) is 16.3 Å². The van der Waals surface area contributed by atoms with Gasteiger partial charge in [-0.1, -0.05) is 24.2 Å². The molecule has 69 valence electrons. The number of ether oxygens (including phenoxy) is 1. The van der Waals surface area contributed by atoms with Crippen molar-refractivity contribution in [1.29, 1.82) is 0 Å². The van der Waals surface area contributed by atoms with Crippen LogP contribution < -0.4 is 4.74 Å². The molecule has 2 heteroatoms. The SMILES string of the molecule is C=[C]c1ccc(OC(C)C)c(Cl)c1. The zero-order valence-corrected chi connectivity index (χ0v) is 8.56. The molecule has 0 atom stereocenters. The van der Waals surface area contributed by atoms with Crippen molar-refractivity contribution in [3.63, 3.8) is 0 Å². The van der Waals surface area contributed by atoms with Gasteiger partial charge in [-0.15, -0.1) is 0 Å². The minimum atomic E-state index is 0.135. The van der Waals surface area contributed by atoms with E-state index in [1.54, 1.807) is 6.07 Å². The maximum atomic E-state index is 5.96. The highest BCUT2D eigenvalue weighted by Crippen LogP contribution is 2.26. The zero-order chi connectivity index (χ0) is 9.84. The minimum absolute atomic E-state index is 0.135. The second kappa shape index (κ2) is 4.33. The number of halogens is 1. The van der Waals surface area contributed by atoms with E-state index in [2.05, 4.69) is 12.7 Å². The Morgan fingerprint density at radius 1 is 1.46 bits per heavy atom. The molecule has 13 heavy (non-hydrogen) atoms. The molecule has 0 saturated carbocycles. The van der Waals surface area contributed by atoms with Crippen molar-refractivity contribution in [2.45, 2.75) is 20.0 Å². The van der Waals surface area contributed by atoms with Crippen molar-refractivity contribution in [1.82, 2.24) is 0 Å². The summed E-state index contributed by atoms with van der Waals surface area (Å²) in [5.74, 6) is 0.704. The predicted molar refractivity (Wildman–Crippen MR) is 55.2 cm³/mol. The van der Waals surface area contributed by atoms with Gasteiger partial charge in [0.15, 0.2) is 0 Å². The van der Waals surface area contributed by atoms with Crippen molar-refractivity contribution < 1.29 is 4.74 Å². The molecule has 0 unspecified atom stereocenters. The largest absolute Gasteiger partial charge is 0.489 e. The van der Waals surface area contributed by atoms with Crippen LogP contribution in [-0.4, -0.2) is 6.10 Å². The van der Waals surface area contributed by atoms with Crippen LogP contribution in [0.5, 0.6) is 5.75 Å². The number of rotatable bonds is 3. The molecule has 0 saturated heterocycles. The van der Waals surface area contributed by atoms with Crippen LogP contribution >= 0.6 is 11.6 Å². The second-order valence-electron chi connectivity index (χ2n) is 2.99. The second-order valence-corrected chi connectivity index (χ2v) is 3.40. The summed E-state index contributed by atoms with van der Waals surface area (Å²) in [5, 5.41) is 0.599. The van der Waals surface area contributed by atoms with Crippen LogP contribution in [0.15, 0.2) is 24.8 Å². The third-order valence-corrected chi connectivity index (χ3v) is 1.79. The first-order chi connectivity index (χ1) is 6.13. The van der Waals surface area contributed by atoms with Crippen LogP contribution in [0.4, 0.5) is 0 Å². The molecular weight excluding hydrogens is 184 g/mol. The Bertz CT molecular complexity index is 305. The quantitative estimate of drug-likeness (QED) is 0.718. The maximum absolute atomic E-state index is 5.96. The van der Waals surface area contributed by atoms with E-state index in [1.807, 2.05) is 26.0 Å². The molecular formula is C11H12ClO. The lowest BCUT2D eigenvalue weighted by Gasteiger charge is -2.11. The van der Waals surface area contributed by atoms with Gasteiger partial charge in [-0.05, 0) is 37.6 Å². The molecule has 1 aromatic carbocycles. The first-order valence-electron chi connectivity index (χ1n) is 4.13. The van der Waals surface area contributed by atoms with Gasteiger partial charge in [0.2, 0.25) is 0 Å². The summed E-state index contributed by atoms with van der Waals surface area (Å²) in [6.07, 6.45) is 2.89. The summed E-state index contributed by atoms with van der Waals surface area (Å²) in [6.45, 7) is 7.46. The summed E-state index contributed by atoms with van der Waals surface area (Å²) in [5.41, 5.74) is 0.876. The normalized spacial score (nSPS) is 10.2. The van der Waals surface area contributed by atoms with E-state index in [0.717, 1.165) is 5.56 Å². The highest BCUT2D eigenvalue weighted by molar-refractivity contribution is 6.32. The summed E-state index contributed by atoms with van der Waals surface area (Å²) in [4.78, 5) is 0. The van der Waals surface area contributed by atoms with Gasteiger partial charge < -0.3 is 4.74 Å². The molecule has 0 bridgehead atoms. The van der Waals surface area contributed by atoms with E-state index in [1.165, 1.54) is 0 Å². The van der Waals surface area contributed by atoms with Gasteiger partial charge in [-0.3, -0.25) is 0 Å². The molecule has 0 heterocycles. The molecule has 0 aliphatic carbocycles. The van der Waals surface area contributed by atoms with Crippen LogP contribution in [0.1, 0.15) is 19.4 Å². The van der Waals surface area contributed by atoms with Gasteiger partial charge in [-0.2, -0.15) is 0 Å². The van der Waals surface area contributed by atoms with Gasteiger partial charge in [0, 0.05) is 0 Å². The molecule has 1 nitrogen and oxygen atoms in total. The highest BCUT2D eigenvalue weighted by Gasteiger charge is 2.03. The fourth-order valence-corrected chi connectivity index (χ4v) is 1.19. The molecule has 0 aromatic heterocycles. The standard InChI is InChI=1S/C11H12ClO/c1-4-9-5-6-11(10(12)7-9)13-8(2)3/h5-8H,1H2,2-3H3. The van der Waals surface area contributed by atoms with Crippen LogP contribution in [0.25, 0.3) is 0 Å².